The van der Waals surface area contributed by atoms with Crippen molar-refractivity contribution in [3.8, 4) is 11.5 Å². The molecule has 2 nitrogen and oxygen atoms in total. The summed E-state index contributed by atoms with van der Waals surface area (Å²) in [5.74, 6) is 1.25. The van der Waals surface area contributed by atoms with E-state index in [1.54, 1.807) is 30.6 Å². The van der Waals surface area contributed by atoms with E-state index in [0.717, 1.165) is 4.47 Å². The number of ether oxygens (including phenoxy) is 1. The molecule has 5 heteroatoms. The molecule has 1 heterocycles. The summed E-state index contributed by atoms with van der Waals surface area (Å²) in [6.45, 7) is 0. The summed E-state index contributed by atoms with van der Waals surface area (Å²) in [6.07, 6.45) is 3.30. The summed E-state index contributed by atoms with van der Waals surface area (Å²) in [7, 11) is 0. The van der Waals surface area contributed by atoms with Crippen molar-refractivity contribution in [3.63, 3.8) is 0 Å². The standard InChI is InChI=1S/C11H6BrCl2NO/c12-7-3-9(6-15-5-7)16-8-1-2-10(13)11(14)4-8/h1-6H. The molecule has 0 saturated heterocycles. The predicted octanol–water partition coefficient (Wildman–Crippen LogP) is 4.94. The maximum absolute atomic E-state index is 5.87. The Kier molecular flexibility index (Phi) is 3.69. The molecule has 0 bridgehead atoms. The van der Waals surface area contributed by atoms with E-state index in [4.69, 9.17) is 27.9 Å². The summed E-state index contributed by atoms with van der Waals surface area (Å²) < 4.78 is 6.41. The van der Waals surface area contributed by atoms with Gasteiger partial charge in [-0.05, 0) is 34.1 Å². The lowest BCUT2D eigenvalue weighted by Crippen LogP contribution is -1.85. The quantitative estimate of drug-likeness (QED) is 0.782. The fourth-order valence-corrected chi connectivity index (χ4v) is 1.76. The van der Waals surface area contributed by atoms with E-state index in [-0.39, 0.29) is 0 Å². The van der Waals surface area contributed by atoms with E-state index in [1.807, 2.05) is 6.07 Å². The van der Waals surface area contributed by atoms with Crippen LogP contribution in [0.5, 0.6) is 11.5 Å². The van der Waals surface area contributed by atoms with Gasteiger partial charge in [-0.3, -0.25) is 4.98 Å². The van der Waals surface area contributed by atoms with E-state index in [1.165, 1.54) is 0 Å². The number of benzene rings is 1. The number of hydrogen-bond acceptors (Lipinski definition) is 2. The number of rotatable bonds is 2. The molecule has 0 aliphatic rings. The van der Waals surface area contributed by atoms with Gasteiger partial charge in [0, 0.05) is 16.7 Å². The summed E-state index contributed by atoms with van der Waals surface area (Å²) in [4.78, 5) is 3.99. The molecule has 0 atom stereocenters. The Hall–Kier alpha value is -0.770. The van der Waals surface area contributed by atoms with Gasteiger partial charge in [0.25, 0.3) is 0 Å². The number of nitrogens with zero attached hydrogens (tertiary/aromatic N) is 1. The van der Waals surface area contributed by atoms with Crippen LogP contribution >= 0.6 is 39.1 Å². The van der Waals surface area contributed by atoms with Crippen LogP contribution in [0.25, 0.3) is 0 Å². The number of pyridine rings is 1. The third-order valence-electron chi connectivity index (χ3n) is 1.81. The van der Waals surface area contributed by atoms with Crippen LogP contribution in [0.1, 0.15) is 0 Å². The largest absolute Gasteiger partial charge is 0.456 e. The molecule has 1 aromatic heterocycles. The average Bonchev–Trinajstić information content (AvgIpc) is 2.24. The van der Waals surface area contributed by atoms with Gasteiger partial charge in [-0.2, -0.15) is 0 Å². The van der Waals surface area contributed by atoms with Crippen LogP contribution in [-0.4, -0.2) is 4.98 Å². The van der Waals surface area contributed by atoms with Crippen LogP contribution < -0.4 is 4.74 Å². The first kappa shape index (κ1) is 11.7. The fraction of sp³-hybridized carbons (Fsp3) is 0. The molecule has 1 aromatic carbocycles. The van der Waals surface area contributed by atoms with Crippen molar-refractivity contribution in [1.29, 1.82) is 0 Å². The molecule has 0 N–H and O–H groups in total. The molecule has 0 aliphatic carbocycles. The highest BCUT2D eigenvalue weighted by Gasteiger charge is 2.02. The molecule has 2 rings (SSSR count). The van der Waals surface area contributed by atoms with Crippen LogP contribution in [0.3, 0.4) is 0 Å². The summed E-state index contributed by atoms with van der Waals surface area (Å²) in [6, 6.07) is 6.90. The molecule has 16 heavy (non-hydrogen) atoms. The van der Waals surface area contributed by atoms with Gasteiger partial charge in [0.1, 0.15) is 11.5 Å². The van der Waals surface area contributed by atoms with E-state index >= 15 is 0 Å². The predicted molar refractivity (Wildman–Crippen MR) is 68.5 cm³/mol. The zero-order valence-corrected chi connectivity index (χ0v) is 11.1. The van der Waals surface area contributed by atoms with Gasteiger partial charge in [-0.15, -0.1) is 0 Å². The Morgan fingerprint density at radius 1 is 1.00 bits per heavy atom. The minimum atomic E-state index is 0.460. The highest BCUT2D eigenvalue weighted by atomic mass is 79.9. The zero-order chi connectivity index (χ0) is 11.5. The fourth-order valence-electron chi connectivity index (χ4n) is 1.12. The smallest absolute Gasteiger partial charge is 0.146 e. The van der Waals surface area contributed by atoms with E-state index in [0.29, 0.717) is 21.5 Å². The molecule has 2 aromatic rings. The van der Waals surface area contributed by atoms with Gasteiger partial charge >= 0.3 is 0 Å². The van der Waals surface area contributed by atoms with Gasteiger partial charge < -0.3 is 4.74 Å². The molecule has 0 aliphatic heterocycles. The zero-order valence-electron chi connectivity index (χ0n) is 7.95. The number of hydrogen-bond donors (Lipinski definition) is 0. The second kappa shape index (κ2) is 5.04. The Balaban J connectivity index is 2.24. The second-order valence-corrected chi connectivity index (χ2v) is 4.75. The Morgan fingerprint density at radius 2 is 1.81 bits per heavy atom. The van der Waals surface area contributed by atoms with Crippen molar-refractivity contribution < 1.29 is 4.74 Å². The van der Waals surface area contributed by atoms with Crippen LogP contribution in [0.4, 0.5) is 0 Å². The van der Waals surface area contributed by atoms with Crippen molar-refractivity contribution >= 4 is 39.1 Å². The molecule has 0 fully saturated rings. The molecule has 0 amide bonds. The van der Waals surface area contributed by atoms with E-state index in [2.05, 4.69) is 20.9 Å². The molecule has 0 unspecified atom stereocenters. The minimum Gasteiger partial charge on any atom is -0.456 e. The third-order valence-corrected chi connectivity index (χ3v) is 2.98. The highest BCUT2D eigenvalue weighted by Crippen LogP contribution is 2.29. The maximum Gasteiger partial charge on any atom is 0.146 e. The summed E-state index contributed by atoms with van der Waals surface area (Å²) in [5, 5.41) is 0.962. The Bertz CT molecular complexity index is 519. The normalized spacial score (nSPS) is 10.2. The first-order valence-corrected chi connectivity index (χ1v) is 5.93. The van der Waals surface area contributed by atoms with Crippen LogP contribution in [0.15, 0.2) is 41.1 Å². The lowest BCUT2D eigenvalue weighted by atomic mass is 10.3. The van der Waals surface area contributed by atoms with Gasteiger partial charge in [0.2, 0.25) is 0 Å². The molecule has 82 valence electrons. The summed E-state index contributed by atoms with van der Waals surface area (Å²) >= 11 is 15.0. The lowest BCUT2D eigenvalue weighted by molar-refractivity contribution is 0.480. The van der Waals surface area contributed by atoms with Gasteiger partial charge in [-0.25, -0.2) is 0 Å². The third kappa shape index (κ3) is 2.88. The summed E-state index contributed by atoms with van der Waals surface area (Å²) in [5.41, 5.74) is 0. The van der Waals surface area contributed by atoms with Gasteiger partial charge in [-0.1, -0.05) is 23.2 Å². The van der Waals surface area contributed by atoms with Gasteiger partial charge in [0.15, 0.2) is 0 Å². The molecule has 0 radical (unpaired) electrons. The number of halogens is 3. The average molecular weight is 319 g/mol. The Morgan fingerprint density at radius 3 is 2.50 bits per heavy atom. The molecule has 0 spiro atoms. The first-order chi connectivity index (χ1) is 7.65. The first-order valence-electron chi connectivity index (χ1n) is 4.38. The minimum absolute atomic E-state index is 0.460. The highest BCUT2D eigenvalue weighted by molar-refractivity contribution is 9.10. The van der Waals surface area contributed by atoms with Crippen molar-refractivity contribution in [2.45, 2.75) is 0 Å². The molecule has 0 saturated carbocycles. The van der Waals surface area contributed by atoms with Crippen LogP contribution in [0.2, 0.25) is 10.0 Å². The number of aromatic nitrogens is 1. The van der Waals surface area contributed by atoms with E-state index < -0.39 is 0 Å². The maximum atomic E-state index is 5.87. The van der Waals surface area contributed by atoms with E-state index in [9.17, 15) is 0 Å². The lowest BCUT2D eigenvalue weighted by Gasteiger charge is -2.06. The molecular formula is C11H6BrCl2NO. The van der Waals surface area contributed by atoms with Crippen molar-refractivity contribution in [2.24, 2.45) is 0 Å². The molecular weight excluding hydrogens is 313 g/mol. The van der Waals surface area contributed by atoms with Crippen molar-refractivity contribution in [3.05, 3.63) is 51.2 Å². The van der Waals surface area contributed by atoms with Crippen LogP contribution in [-0.2, 0) is 0 Å². The van der Waals surface area contributed by atoms with Crippen LogP contribution in [0, 0.1) is 0 Å². The SMILES string of the molecule is Clc1ccc(Oc2cncc(Br)c2)cc1Cl. The Labute approximate surface area is 111 Å². The monoisotopic (exact) mass is 317 g/mol. The van der Waals surface area contributed by atoms with Crippen molar-refractivity contribution in [2.75, 3.05) is 0 Å². The topological polar surface area (TPSA) is 22.1 Å². The van der Waals surface area contributed by atoms with Gasteiger partial charge in [0.05, 0.1) is 16.2 Å². The second-order valence-electron chi connectivity index (χ2n) is 3.02. The van der Waals surface area contributed by atoms with Crippen molar-refractivity contribution in [1.82, 2.24) is 4.98 Å².